The standard InChI is InChI=1S/C20H31N7/c1-15-16(2)21-14-22-19(15)27-11-7-8-17(12-27)20-24-23-18(25(20)3)13-26-9-5-4-6-10-26/h14,17H,4-13H2,1-3H3/t17-/m0/s1. The quantitative estimate of drug-likeness (QED) is 0.825. The van der Waals surface area contributed by atoms with Gasteiger partial charge in [-0.05, 0) is 52.6 Å². The van der Waals surface area contributed by atoms with E-state index in [4.69, 9.17) is 0 Å². The molecule has 2 aromatic heterocycles. The molecular formula is C20H31N7. The molecule has 0 unspecified atom stereocenters. The van der Waals surface area contributed by atoms with E-state index >= 15 is 0 Å². The molecule has 4 rings (SSSR count). The van der Waals surface area contributed by atoms with Crippen molar-refractivity contribution in [2.24, 2.45) is 7.05 Å². The molecule has 2 aromatic rings. The van der Waals surface area contributed by atoms with Crippen LogP contribution in [-0.4, -0.2) is 55.8 Å². The summed E-state index contributed by atoms with van der Waals surface area (Å²) in [4.78, 5) is 13.8. The third-order valence-electron chi connectivity index (χ3n) is 6.21. The molecule has 1 atom stereocenters. The Morgan fingerprint density at radius 1 is 1.00 bits per heavy atom. The summed E-state index contributed by atoms with van der Waals surface area (Å²) in [5.74, 6) is 3.69. The van der Waals surface area contributed by atoms with Crippen molar-refractivity contribution in [3.8, 4) is 0 Å². The van der Waals surface area contributed by atoms with Gasteiger partial charge in [-0.2, -0.15) is 0 Å². The summed E-state index contributed by atoms with van der Waals surface area (Å²) in [6.07, 6.45) is 7.97. The highest BCUT2D eigenvalue weighted by atomic mass is 15.3. The van der Waals surface area contributed by atoms with Crippen LogP contribution in [0.4, 0.5) is 5.82 Å². The molecule has 2 fully saturated rings. The zero-order valence-corrected chi connectivity index (χ0v) is 16.9. The van der Waals surface area contributed by atoms with Crippen molar-refractivity contribution in [2.75, 3.05) is 31.1 Å². The molecule has 0 spiro atoms. The average Bonchev–Trinajstić information content (AvgIpc) is 3.05. The summed E-state index contributed by atoms with van der Waals surface area (Å²) in [6.45, 7) is 9.46. The van der Waals surface area contributed by atoms with Crippen LogP contribution >= 0.6 is 0 Å². The van der Waals surface area contributed by atoms with Crippen LogP contribution in [0.3, 0.4) is 0 Å². The van der Waals surface area contributed by atoms with E-state index in [1.807, 2.05) is 0 Å². The molecule has 4 heterocycles. The Bertz CT molecular complexity index is 779. The third-order valence-corrected chi connectivity index (χ3v) is 6.21. The Hall–Kier alpha value is -2.02. The van der Waals surface area contributed by atoms with Gasteiger partial charge in [0.1, 0.15) is 23.8 Å². The average molecular weight is 370 g/mol. The first kappa shape index (κ1) is 18.3. The van der Waals surface area contributed by atoms with Crippen LogP contribution in [-0.2, 0) is 13.6 Å². The number of aryl methyl sites for hydroxylation is 1. The van der Waals surface area contributed by atoms with Crippen molar-refractivity contribution in [3.05, 3.63) is 29.2 Å². The highest BCUT2D eigenvalue weighted by Crippen LogP contribution is 2.30. The van der Waals surface area contributed by atoms with Crippen molar-refractivity contribution >= 4 is 5.82 Å². The molecular weight excluding hydrogens is 338 g/mol. The van der Waals surface area contributed by atoms with Gasteiger partial charge in [0.05, 0.1) is 6.54 Å². The Morgan fingerprint density at radius 2 is 1.81 bits per heavy atom. The predicted molar refractivity (Wildman–Crippen MR) is 106 cm³/mol. The van der Waals surface area contributed by atoms with E-state index < -0.39 is 0 Å². The van der Waals surface area contributed by atoms with E-state index in [1.165, 1.54) is 37.9 Å². The number of hydrogen-bond acceptors (Lipinski definition) is 6. The van der Waals surface area contributed by atoms with Crippen LogP contribution in [0.25, 0.3) is 0 Å². The van der Waals surface area contributed by atoms with Crippen molar-refractivity contribution in [3.63, 3.8) is 0 Å². The van der Waals surface area contributed by atoms with Gasteiger partial charge in [0.25, 0.3) is 0 Å². The van der Waals surface area contributed by atoms with Crippen molar-refractivity contribution < 1.29 is 0 Å². The molecule has 27 heavy (non-hydrogen) atoms. The zero-order valence-electron chi connectivity index (χ0n) is 16.9. The highest BCUT2D eigenvalue weighted by molar-refractivity contribution is 5.48. The minimum Gasteiger partial charge on any atom is -0.356 e. The number of piperidine rings is 2. The molecule has 0 aliphatic carbocycles. The maximum absolute atomic E-state index is 4.60. The van der Waals surface area contributed by atoms with Crippen molar-refractivity contribution in [2.45, 2.75) is 58.4 Å². The number of nitrogens with zero attached hydrogens (tertiary/aromatic N) is 7. The molecule has 0 bridgehead atoms. The van der Waals surface area contributed by atoms with E-state index in [1.54, 1.807) is 6.33 Å². The largest absolute Gasteiger partial charge is 0.356 e. The van der Waals surface area contributed by atoms with E-state index in [2.05, 4.69) is 55.4 Å². The first-order valence-electron chi connectivity index (χ1n) is 10.3. The molecule has 2 aliphatic rings. The fourth-order valence-electron chi connectivity index (χ4n) is 4.41. The van der Waals surface area contributed by atoms with Gasteiger partial charge in [-0.25, -0.2) is 9.97 Å². The van der Waals surface area contributed by atoms with Crippen LogP contribution < -0.4 is 4.90 Å². The molecule has 0 radical (unpaired) electrons. The molecule has 7 nitrogen and oxygen atoms in total. The number of aromatic nitrogens is 5. The Morgan fingerprint density at radius 3 is 2.63 bits per heavy atom. The van der Waals surface area contributed by atoms with E-state index in [0.717, 1.165) is 55.6 Å². The Labute approximate surface area is 161 Å². The zero-order chi connectivity index (χ0) is 18.8. The number of hydrogen-bond donors (Lipinski definition) is 0. The molecule has 2 saturated heterocycles. The van der Waals surface area contributed by atoms with Gasteiger partial charge in [0.2, 0.25) is 0 Å². The van der Waals surface area contributed by atoms with E-state index in [9.17, 15) is 0 Å². The fraction of sp³-hybridized carbons (Fsp3) is 0.700. The molecule has 0 amide bonds. The van der Waals surface area contributed by atoms with Gasteiger partial charge in [0.15, 0.2) is 0 Å². The van der Waals surface area contributed by atoms with E-state index in [-0.39, 0.29) is 0 Å². The topological polar surface area (TPSA) is 63.0 Å². The summed E-state index contributed by atoms with van der Waals surface area (Å²) in [6, 6.07) is 0. The van der Waals surface area contributed by atoms with E-state index in [0.29, 0.717) is 5.92 Å². The van der Waals surface area contributed by atoms with Gasteiger partial charge in [-0.1, -0.05) is 6.42 Å². The van der Waals surface area contributed by atoms with Crippen molar-refractivity contribution in [1.29, 1.82) is 0 Å². The normalized spacial score (nSPS) is 21.6. The molecule has 0 saturated carbocycles. The third kappa shape index (κ3) is 3.83. The maximum atomic E-state index is 4.60. The molecule has 146 valence electrons. The highest BCUT2D eigenvalue weighted by Gasteiger charge is 2.28. The van der Waals surface area contributed by atoms with Gasteiger partial charge in [0, 0.05) is 37.3 Å². The van der Waals surface area contributed by atoms with Crippen molar-refractivity contribution in [1.82, 2.24) is 29.6 Å². The predicted octanol–water partition coefficient (Wildman–Crippen LogP) is 2.59. The maximum Gasteiger partial charge on any atom is 0.146 e. The lowest BCUT2D eigenvalue weighted by molar-refractivity contribution is 0.213. The number of likely N-dealkylation sites (tertiary alicyclic amines) is 1. The Balaban J connectivity index is 1.49. The van der Waals surface area contributed by atoms with Crippen LogP contribution in [0.2, 0.25) is 0 Å². The van der Waals surface area contributed by atoms with Crippen LogP contribution in [0.1, 0.15) is 60.9 Å². The second-order valence-corrected chi connectivity index (χ2v) is 8.06. The first-order valence-corrected chi connectivity index (χ1v) is 10.3. The molecule has 0 aromatic carbocycles. The minimum absolute atomic E-state index is 0.404. The van der Waals surface area contributed by atoms with Gasteiger partial charge in [-0.3, -0.25) is 4.90 Å². The van der Waals surface area contributed by atoms with Gasteiger partial charge >= 0.3 is 0 Å². The molecule has 0 N–H and O–H groups in total. The lowest BCUT2D eigenvalue weighted by Crippen LogP contribution is -2.36. The molecule has 7 heteroatoms. The van der Waals surface area contributed by atoms with Crippen LogP contribution in [0, 0.1) is 13.8 Å². The first-order chi connectivity index (χ1) is 13.1. The summed E-state index contributed by atoms with van der Waals surface area (Å²) in [7, 11) is 2.13. The second kappa shape index (κ2) is 7.92. The van der Waals surface area contributed by atoms with Crippen LogP contribution in [0.5, 0.6) is 0 Å². The second-order valence-electron chi connectivity index (χ2n) is 8.06. The summed E-state index contributed by atoms with van der Waals surface area (Å²) >= 11 is 0. The van der Waals surface area contributed by atoms with Gasteiger partial charge < -0.3 is 9.47 Å². The summed E-state index contributed by atoms with van der Waals surface area (Å²) in [5.41, 5.74) is 2.24. The lowest BCUT2D eigenvalue weighted by Gasteiger charge is -2.34. The number of anilines is 1. The molecule has 2 aliphatic heterocycles. The number of rotatable bonds is 4. The fourth-order valence-corrected chi connectivity index (χ4v) is 4.41. The summed E-state index contributed by atoms with van der Waals surface area (Å²) in [5, 5.41) is 9.14. The van der Waals surface area contributed by atoms with Gasteiger partial charge in [-0.15, -0.1) is 10.2 Å². The Kier molecular flexibility index (Phi) is 5.38. The minimum atomic E-state index is 0.404. The lowest BCUT2D eigenvalue weighted by atomic mass is 9.96. The summed E-state index contributed by atoms with van der Waals surface area (Å²) < 4.78 is 2.24. The van der Waals surface area contributed by atoms with Crippen LogP contribution in [0.15, 0.2) is 6.33 Å². The smallest absolute Gasteiger partial charge is 0.146 e. The monoisotopic (exact) mass is 369 g/mol. The SMILES string of the molecule is Cc1ncnc(N2CCC[C@H](c3nnc(CN4CCCCC4)n3C)C2)c1C.